The standard InChI is InChI=1S/C16H14BrNO3/c1-9-7-11(17)8-10(2)14(9)18-15(19)12-5-3-4-6-13(12)16(20)21/h3-8H,1-2H3,(H,18,19)(H,20,21). The van der Waals surface area contributed by atoms with E-state index in [0.29, 0.717) is 5.69 Å². The van der Waals surface area contributed by atoms with Crippen molar-refractivity contribution in [1.29, 1.82) is 0 Å². The highest BCUT2D eigenvalue weighted by molar-refractivity contribution is 9.10. The molecule has 0 atom stereocenters. The highest BCUT2D eigenvalue weighted by atomic mass is 79.9. The normalized spacial score (nSPS) is 10.2. The number of aryl methyl sites for hydroxylation is 2. The molecule has 1 amide bonds. The minimum Gasteiger partial charge on any atom is -0.478 e. The smallest absolute Gasteiger partial charge is 0.336 e. The number of carbonyl (C=O) groups excluding carboxylic acids is 1. The molecule has 0 aliphatic carbocycles. The number of hydrogen-bond donors (Lipinski definition) is 2. The molecule has 108 valence electrons. The number of amides is 1. The molecule has 2 aromatic rings. The Labute approximate surface area is 130 Å². The topological polar surface area (TPSA) is 66.4 Å². The summed E-state index contributed by atoms with van der Waals surface area (Å²) in [6.07, 6.45) is 0. The van der Waals surface area contributed by atoms with Crippen LogP contribution in [0, 0.1) is 13.8 Å². The van der Waals surface area contributed by atoms with E-state index in [4.69, 9.17) is 5.11 Å². The third-order valence-corrected chi connectivity index (χ3v) is 3.60. The molecule has 5 heteroatoms. The third kappa shape index (κ3) is 3.31. The second-order valence-corrected chi connectivity index (χ2v) is 5.64. The van der Waals surface area contributed by atoms with Gasteiger partial charge in [-0.2, -0.15) is 0 Å². The number of benzene rings is 2. The summed E-state index contributed by atoms with van der Waals surface area (Å²) in [5.74, 6) is -1.55. The van der Waals surface area contributed by atoms with Crippen molar-refractivity contribution in [2.45, 2.75) is 13.8 Å². The molecule has 0 aliphatic rings. The number of carboxylic acid groups (broad SMARTS) is 1. The lowest BCUT2D eigenvalue weighted by molar-refractivity contribution is 0.0692. The molecule has 0 heterocycles. The average molecular weight is 348 g/mol. The zero-order valence-electron chi connectivity index (χ0n) is 11.6. The third-order valence-electron chi connectivity index (χ3n) is 3.14. The molecule has 21 heavy (non-hydrogen) atoms. The van der Waals surface area contributed by atoms with Gasteiger partial charge < -0.3 is 10.4 Å². The van der Waals surface area contributed by atoms with E-state index in [1.807, 2.05) is 26.0 Å². The Bertz CT molecular complexity index is 702. The number of aromatic carboxylic acids is 1. The minimum absolute atomic E-state index is 0.0117. The van der Waals surface area contributed by atoms with E-state index in [-0.39, 0.29) is 11.1 Å². The highest BCUT2D eigenvalue weighted by Gasteiger charge is 2.17. The summed E-state index contributed by atoms with van der Waals surface area (Å²) in [7, 11) is 0. The van der Waals surface area contributed by atoms with Crippen LogP contribution in [0.5, 0.6) is 0 Å². The van der Waals surface area contributed by atoms with Gasteiger partial charge in [-0.3, -0.25) is 4.79 Å². The Balaban J connectivity index is 2.38. The first-order valence-electron chi connectivity index (χ1n) is 6.30. The van der Waals surface area contributed by atoms with Crippen molar-refractivity contribution >= 4 is 33.5 Å². The Morgan fingerprint density at radius 2 is 1.57 bits per heavy atom. The van der Waals surface area contributed by atoms with Crippen molar-refractivity contribution in [3.8, 4) is 0 Å². The summed E-state index contributed by atoms with van der Waals surface area (Å²) in [5.41, 5.74) is 2.64. The van der Waals surface area contributed by atoms with Gasteiger partial charge in [0.25, 0.3) is 5.91 Å². The van der Waals surface area contributed by atoms with Crippen LogP contribution in [0.2, 0.25) is 0 Å². The summed E-state index contributed by atoms with van der Waals surface area (Å²) >= 11 is 3.40. The monoisotopic (exact) mass is 347 g/mol. The first-order chi connectivity index (χ1) is 9.90. The van der Waals surface area contributed by atoms with E-state index in [1.54, 1.807) is 12.1 Å². The van der Waals surface area contributed by atoms with Crippen LogP contribution in [0.3, 0.4) is 0 Å². The minimum atomic E-state index is -1.12. The van der Waals surface area contributed by atoms with Crippen LogP contribution in [0.1, 0.15) is 31.8 Å². The zero-order chi connectivity index (χ0) is 15.6. The molecule has 4 nitrogen and oxygen atoms in total. The number of hydrogen-bond acceptors (Lipinski definition) is 2. The van der Waals surface area contributed by atoms with E-state index in [0.717, 1.165) is 15.6 Å². The van der Waals surface area contributed by atoms with Crippen molar-refractivity contribution in [3.63, 3.8) is 0 Å². The maximum absolute atomic E-state index is 12.3. The number of nitrogens with one attached hydrogen (secondary N) is 1. The van der Waals surface area contributed by atoms with Crippen molar-refractivity contribution in [1.82, 2.24) is 0 Å². The number of carboxylic acids is 1. The molecule has 2 N–H and O–H groups in total. The molecule has 0 saturated carbocycles. The lowest BCUT2D eigenvalue weighted by atomic mass is 10.1. The second-order valence-electron chi connectivity index (χ2n) is 4.72. The molecule has 0 aliphatic heterocycles. The molecule has 2 aromatic carbocycles. The molecular formula is C16H14BrNO3. The molecule has 0 unspecified atom stereocenters. The molecule has 0 saturated heterocycles. The Morgan fingerprint density at radius 3 is 2.10 bits per heavy atom. The highest BCUT2D eigenvalue weighted by Crippen LogP contribution is 2.26. The van der Waals surface area contributed by atoms with Crippen molar-refractivity contribution in [2.24, 2.45) is 0 Å². The second kappa shape index (κ2) is 6.10. The maximum Gasteiger partial charge on any atom is 0.336 e. The SMILES string of the molecule is Cc1cc(Br)cc(C)c1NC(=O)c1ccccc1C(=O)O. The summed E-state index contributed by atoms with van der Waals surface area (Å²) in [5, 5.41) is 11.9. The Hall–Kier alpha value is -2.14. The molecule has 0 bridgehead atoms. The first-order valence-corrected chi connectivity index (χ1v) is 7.10. The molecule has 0 spiro atoms. The van der Waals surface area contributed by atoms with Crippen molar-refractivity contribution < 1.29 is 14.7 Å². The summed E-state index contributed by atoms with van der Waals surface area (Å²) in [6, 6.07) is 9.94. The van der Waals surface area contributed by atoms with Gasteiger partial charge in [0.1, 0.15) is 0 Å². The first kappa shape index (κ1) is 15.3. The van der Waals surface area contributed by atoms with E-state index < -0.39 is 11.9 Å². The van der Waals surface area contributed by atoms with Gasteiger partial charge in [-0.1, -0.05) is 28.1 Å². The van der Waals surface area contributed by atoms with Gasteiger partial charge in [0.05, 0.1) is 11.1 Å². The lowest BCUT2D eigenvalue weighted by Gasteiger charge is -2.13. The Morgan fingerprint density at radius 1 is 1.05 bits per heavy atom. The number of carbonyl (C=O) groups is 2. The summed E-state index contributed by atoms with van der Waals surface area (Å²) in [4.78, 5) is 23.5. The van der Waals surface area contributed by atoms with Crippen LogP contribution < -0.4 is 5.32 Å². The van der Waals surface area contributed by atoms with Gasteiger partial charge >= 0.3 is 5.97 Å². The predicted molar refractivity (Wildman–Crippen MR) is 85.0 cm³/mol. The number of anilines is 1. The molecule has 2 rings (SSSR count). The van der Waals surface area contributed by atoms with Crippen LogP contribution >= 0.6 is 15.9 Å². The van der Waals surface area contributed by atoms with E-state index in [2.05, 4.69) is 21.2 Å². The van der Waals surface area contributed by atoms with Gasteiger partial charge in [-0.15, -0.1) is 0 Å². The average Bonchev–Trinajstić information content (AvgIpc) is 2.42. The summed E-state index contributed by atoms with van der Waals surface area (Å²) < 4.78 is 0.932. The van der Waals surface area contributed by atoms with E-state index in [1.165, 1.54) is 12.1 Å². The van der Waals surface area contributed by atoms with Crippen LogP contribution in [-0.2, 0) is 0 Å². The van der Waals surface area contributed by atoms with Crippen molar-refractivity contribution in [3.05, 3.63) is 63.1 Å². The van der Waals surface area contributed by atoms with E-state index in [9.17, 15) is 9.59 Å². The molecule has 0 radical (unpaired) electrons. The van der Waals surface area contributed by atoms with Crippen LogP contribution in [-0.4, -0.2) is 17.0 Å². The fourth-order valence-electron chi connectivity index (χ4n) is 2.16. The van der Waals surface area contributed by atoms with Gasteiger partial charge in [-0.25, -0.2) is 4.79 Å². The molecule has 0 aromatic heterocycles. The molecular weight excluding hydrogens is 334 g/mol. The quantitative estimate of drug-likeness (QED) is 0.881. The van der Waals surface area contributed by atoms with Gasteiger partial charge in [0.15, 0.2) is 0 Å². The number of rotatable bonds is 3. The van der Waals surface area contributed by atoms with Gasteiger partial charge in [0, 0.05) is 10.2 Å². The number of halogens is 1. The zero-order valence-corrected chi connectivity index (χ0v) is 13.2. The van der Waals surface area contributed by atoms with Crippen LogP contribution in [0.4, 0.5) is 5.69 Å². The predicted octanol–water partition coefficient (Wildman–Crippen LogP) is 4.02. The fraction of sp³-hybridized carbons (Fsp3) is 0.125. The van der Waals surface area contributed by atoms with E-state index >= 15 is 0 Å². The molecule has 0 fully saturated rings. The largest absolute Gasteiger partial charge is 0.478 e. The van der Waals surface area contributed by atoms with Crippen LogP contribution in [0.25, 0.3) is 0 Å². The lowest BCUT2D eigenvalue weighted by Crippen LogP contribution is -2.17. The summed E-state index contributed by atoms with van der Waals surface area (Å²) in [6.45, 7) is 3.77. The van der Waals surface area contributed by atoms with Crippen molar-refractivity contribution in [2.75, 3.05) is 5.32 Å². The van der Waals surface area contributed by atoms with Gasteiger partial charge in [-0.05, 0) is 49.2 Å². The Kier molecular flexibility index (Phi) is 4.43. The van der Waals surface area contributed by atoms with Crippen LogP contribution in [0.15, 0.2) is 40.9 Å². The van der Waals surface area contributed by atoms with Gasteiger partial charge in [0.2, 0.25) is 0 Å². The maximum atomic E-state index is 12.3. The fourth-order valence-corrected chi connectivity index (χ4v) is 2.84.